The molecule has 1 heterocycles. The summed E-state index contributed by atoms with van der Waals surface area (Å²) in [5.74, 6) is 0. The molecule has 1 aliphatic rings. The standard InChI is InChI=1S/C8H16O4/c1-5(9)8-6(10-2)4-7(11-3)12-8/h5-9H,4H2,1-3H3/t5-,6-,7+,8-/m1/s1. The number of aliphatic hydroxyl groups is 1. The second kappa shape index (κ2) is 4.18. The summed E-state index contributed by atoms with van der Waals surface area (Å²) in [7, 11) is 3.20. The summed E-state index contributed by atoms with van der Waals surface area (Å²) in [6, 6.07) is 0. The van der Waals surface area contributed by atoms with Crippen molar-refractivity contribution in [1.82, 2.24) is 0 Å². The minimum Gasteiger partial charge on any atom is -0.391 e. The van der Waals surface area contributed by atoms with Crippen molar-refractivity contribution in [2.24, 2.45) is 0 Å². The van der Waals surface area contributed by atoms with Crippen molar-refractivity contribution in [3.63, 3.8) is 0 Å². The van der Waals surface area contributed by atoms with Crippen LogP contribution in [0.25, 0.3) is 0 Å². The van der Waals surface area contributed by atoms with E-state index in [1.54, 1.807) is 21.1 Å². The van der Waals surface area contributed by atoms with E-state index in [0.29, 0.717) is 6.42 Å². The zero-order valence-electron chi connectivity index (χ0n) is 7.69. The van der Waals surface area contributed by atoms with Gasteiger partial charge in [-0.05, 0) is 6.92 Å². The minimum atomic E-state index is -0.518. The lowest BCUT2D eigenvalue weighted by Gasteiger charge is -2.19. The van der Waals surface area contributed by atoms with Gasteiger partial charge in [0.2, 0.25) is 0 Å². The first-order valence-electron chi connectivity index (χ1n) is 4.08. The van der Waals surface area contributed by atoms with Gasteiger partial charge >= 0.3 is 0 Å². The van der Waals surface area contributed by atoms with E-state index in [1.807, 2.05) is 0 Å². The van der Waals surface area contributed by atoms with Crippen LogP contribution in [0.4, 0.5) is 0 Å². The van der Waals surface area contributed by atoms with Crippen molar-refractivity contribution >= 4 is 0 Å². The molecule has 1 aliphatic heterocycles. The second-order valence-corrected chi connectivity index (χ2v) is 3.02. The van der Waals surface area contributed by atoms with Crippen LogP contribution in [0.1, 0.15) is 13.3 Å². The molecule has 0 aromatic rings. The molecule has 4 atom stereocenters. The quantitative estimate of drug-likeness (QED) is 0.664. The Bertz CT molecular complexity index is 137. The number of ether oxygens (including phenoxy) is 3. The van der Waals surface area contributed by atoms with Gasteiger partial charge in [0.25, 0.3) is 0 Å². The predicted molar refractivity (Wildman–Crippen MR) is 42.8 cm³/mol. The van der Waals surface area contributed by atoms with E-state index >= 15 is 0 Å². The van der Waals surface area contributed by atoms with Crippen LogP contribution in [0.3, 0.4) is 0 Å². The van der Waals surface area contributed by atoms with Crippen LogP contribution in [-0.4, -0.2) is 43.9 Å². The molecule has 0 amide bonds. The molecule has 0 aromatic carbocycles. The van der Waals surface area contributed by atoms with E-state index in [4.69, 9.17) is 14.2 Å². The second-order valence-electron chi connectivity index (χ2n) is 3.02. The van der Waals surface area contributed by atoms with Gasteiger partial charge in [0.05, 0.1) is 12.2 Å². The van der Waals surface area contributed by atoms with E-state index in [9.17, 15) is 5.11 Å². The lowest BCUT2D eigenvalue weighted by molar-refractivity contribution is -0.143. The molecule has 0 radical (unpaired) electrons. The maximum absolute atomic E-state index is 9.31. The molecule has 72 valence electrons. The van der Waals surface area contributed by atoms with Gasteiger partial charge in [-0.2, -0.15) is 0 Å². The van der Waals surface area contributed by atoms with E-state index < -0.39 is 6.10 Å². The highest BCUT2D eigenvalue weighted by Crippen LogP contribution is 2.25. The zero-order valence-corrected chi connectivity index (χ0v) is 7.69. The Morgan fingerprint density at radius 2 is 2.08 bits per heavy atom. The summed E-state index contributed by atoms with van der Waals surface area (Å²) in [5, 5.41) is 9.31. The molecule has 1 N–H and O–H groups in total. The van der Waals surface area contributed by atoms with E-state index in [1.165, 1.54) is 0 Å². The number of hydrogen-bond acceptors (Lipinski definition) is 4. The largest absolute Gasteiger partial charge is 0.391 e. The summed E-state index contributed by atoms with van der Waals surface area (Å²) >= 11 is 0. The van der Waals surface area contributed by atoms with Gasteiger partial charge in [-0.1, -0.05) is 0 Å². The number of aliphatic hydroxyl groups excluding tert-OH is 1. The minimum absolute atomic E-state index is 0.0602. The van der Waals surface area contributed by atoms with Gasteiger partial charge in [0.15, 0.2) is 6.29 Å². The number of rotatable bonds is 3. The molecule has 12 heavy (non-hydrogen) atoms. The van der Waals surface area contributed by atoms with Crippen molar-refractivity contribution < 1.29 is 19.3 Å². The highest BCUT2D eigenvalue weighted by molar-refractivity contribution is 4.82. The van der Waals surface area contributed by atoms with Crippen molar-refractivity contribution in [3.05, 3.63) is 0 Å². The molecular formula is C8H16O4. The van der Waals surface area contributed by atoms with Gasteiger partial charge in [0, 0.05) is 20.6 Å². The summed E-state index contributed by atoms with van der Waals surface area (Å²) in [6.45, 7) is 1.69. The first-order chi connectivity index (χ1) is 5.69. The summed E-state index contributed by atoms with van der Waals surface area (Å²) < 4.78 is 15.5. The topological polar surface area (TPSA) is 47.9 Å². The maximum atomic E-state index is 9.31. The number of methoxy groups -OCH3 is 2. The van der Waals surface area contributed by atoms with E-state index in [2.05, 4.69) is 0 Å². The van der Waals surface area contributed by atoms with Crippen LogP contribution in [0.2, 0.25) is 0 Å². The first-order valence-corrected chi connectivity index (χ1v) is 4.08. The fourth-order valence-corrected chi connectivity index (χ4v) is 1.45. The Morgan fingerprint density at radius 3 is 2.42 bits per heavy atom. The van der Waals surface area contributed by atoms with Crippen molar-refractivity contribution in [2.75, 3.05) is 14.2 Å². The molecule has 0 saturated carbocycles. The third-order valence-corrected chi connectivity index (χ3v) is 2.14. The molecule has 1 saturated heterocycles. The highest BCUT2D eigenvalue weighted by atomic mass is 16.7. The van der Waals surface area contributed by atoms with Crippen LogP contribution in [0, 0.1) is 0 Å². The molecule has 1 fully saturated rings. The molecule has 0 unspecified atom stereocenters. The van der Waals surface area contributed by atoms with Crippen molar-refractivity contribution in [3.8, 4) is 0 Å². The molecule has 0 bridgehead atoms. The highest BCUT2D eigenvalue weighted by Gasteiger charge is 2.38. The monoisotopic (exact) mass is 176 g/mol. The summed E-state index contributed by atoms with van der Waals surface area (Å²) in [4.78, 5) is 0. The van der Waals surface area contributed by atoms with Gasteiger partial charge < -0.3 is 19.3 Å². The summed E-state index contributed by atoms with van der Waals surface area (Å²) in [5.41, 5.74) is 0. The van der Waals surface area contributed by atoms with Gasteiger partial charge in [0.1, 0.15) is 6.10 Å². The fraction of sp³-hybridized carbons (Fsp3) is 1.00. The Hall–Kier alpha value is -0.160. The van der Waals surface area contributed by atoms with Crippen LogP contribution in [0.5, 0.6) is 0 Å². The van der Waals surface area contributed by atoms with Crippen LogP contribution in [-0.2, 0) is 14.2 Å². The number of hydrogen-bond donors (Lipinski definition) is 1. The molecule has 0 aromatic heterocycles. The lowest BCUT2D eigenvalue weighted by Crippen LogP contribution is -2.33. The lowest BCUT2D eigenvalue weighted by atomic mass is 10.1. The van der Waals surface area contributed by atoms with E-state index in [-0.39, 0.29) is 18.5 Å². The molecule has 1 rings (SSSR count). The average Bonchev–Trinajstić information content (AvgIpc) is 2.47. The molecule has 4 heteroatoms. The predicted octanol–water partition coefficient (Wildman–Crippen LogP) is 0.144. The molecular weight excluding hydrogens is 160 g/mol. The third-order valence-electron chi connectivity index (χ3n) is 2.14. The van der Waals surface area contributed by atoms with E-state index in [0.717, 1.165) is 0 Å². The molecule has 0 spiro atoms. The van der Waals surface area contributed by atoms with Crippen LogP contribution >= 0.6 is 0 Å². The third kappa shape index (κ3) is 1.95. The van der Waals surface area contributed by atoms with Crippen molar-refractivity contribution in [1.29, 1.82) is 0 Å². The SMILES string of the molecule is CO[C@@H]1C[C@@H](OC)[C@@H]([C@@H](C)O)O1. The first kappa shape index (κ1) is 9.92. The molecule has 4 nitrogen and oxygen atoms in total. The van der Waals surface area contributed by atoms with Crippen molar-refractivity contribution in [2.45, 2.75) is 37.9 Å². The van der Waals surface area contributed by atoms with Gasteiger partial charge in [-0.3, -0.25) is 0 Å². The Balaban J connectivity index is 2.50. The van der Waals surface area contributed by atoms with Gasteiger partial charge in [-0.25, -0.2) is 0 Å². The average molecular weight is 176 g/mol. The fourth-order valence-electron chi connectivity index (χ4n) is 1.45. The van der Waals surface area contributed by atoms with Gasteiger partial charge in [-0.15, -0.1) is 0 Å². The zero-order chi connectivity index (χ0) is 9.14. The summed E-state index contributed by atoms with van der Waals surface area (Å²) in [6.07, 6.45) is -0.401. The smallest absolute Gasteiger partial charge is 0.160 e. The Labute approximate surface area is 72.4 Å². The Kier molecular flexibility index (Phi) is 3.46. The Morgan fingerprint density at radius 1 is 1.42 bits per heavy atom. The maximum Gasteiger partial charge on any atom is 0.160 e. The molecule has 0 aliphatic carbocycles. The van der Waals surface area contributed by atoms with Crippen LogP contribution < -0.4 is 0 Å². The van der Waals surface area contributed by atoms with Crippen LogP contribution in [0.15, 0.2) is 0 Å². The normalized spacial score (nSPS) is 38.5.